The number of nitrogens with one attached hydrogen (secondary N) is 1. The molecule has 0 radical (unpaired) electrons. The van der Waals surface area contributed by atoms with Crippen LogP contribution in [0.4, 0.5) is 4.39 Å². The number of ether oxygens (including phenoxy) is 1. The summed E-state index contributed by atoms with van der Waals surface area (Å²) in [4.78, 5) is 16.7. The molecule has 0 unspecified atom stereocenters. The van der Waals surface area contributed by atoms with Crippen molar-refractivity contribution < 1.29 is 13.9 Å². The number of hydrogen-bond acceptors (Lipinski definition) is 3. The van der Waals surface area contributed by atoms with Gasteiger partial charge in [-0.1, -0.05) is 19.3 Å². The van der Waals surface area contributed by atoms with Crippen LogP contribution in [0.5, 0.6) is 0 Å². The Labute approximate surface area is 130 Å². The molecule has 1 saturated carbocycles. The molecule has 0 spiro atoms. The third kappa shape index (κ3) is 5.13. The highest BCUT2D eigenvalue weighted by Gasteiger charge is 2.17. The maximum absolute atomic E-state index is 12.9. The van der Waals surface area contributed by atoms with Crippen LogP contribution >= 0.6 is 0 Å². The van der Waals surface area contributed by atoms with Crippen LogP contribution in [-0.2, 0) is 4.74 Å². The average Bonchev–Trinajstić information content (AvgIpc) is 2.48. The van der Waals surface area contributed by atoms with Gasteiger partial charge in [0.05, 0.1) is 12.1 Å². The van der Waals surface area contributed by atoms with Crippen molar-refractivity contribution in [2.45, 2.75) is 58.1 Å². The van der Waals surface area contributed by atoms with Crippen LogP contribution in [0.1, 0.15) is 56.3 Å². The monoisotopic (exact) mass is 306 g/mol. The van der Waals surface area contributed by atoms with E-state index in [0.29, 0.717) is 5.56 Å². The molecule has 4 nitrogen and oxygen atoms in total. The van der Waals surface area contributed by atoms with Crippen LogP contribution in [0.2, 0.25) is 0 Å². The second-order valence-electron chi connectivity index (χ2n) is 5.85. The second kappa shape index (κ2) is 7.92. The molecule has 1 N–H and O–H groups in total. The smallest absolute Gasteiger partial charge is 0.292 e. The molecule has 0 saturated heterocycles. The second-order valence-corrected chi connectivity index (χ2v) is 5.85. The molecule has 22 heavy (non-hydrogen) atoms. The molecule has 0 heterocycles. The molecule has 1 amide bonds. The van der Waals surface area contributed by atoms with Crippen molar-refractivity contribution in [2.75, 3.05) is 0 Å². The van der Waals surface area contributed by atoms with Crippen molar-refractivity contribution in [1.82, 2.24) is 5.32 Å². The minimum Gasteiger partial charge on any atom is -0.462 e. The lowest BCUT2D eigenvalue weighted by Crippen LogP contribution is -2.35. The van der Waals surface area contributed by atoms with E-state index in [1.165, 1.54) is 30.7 Å². The molecule has 2 rings (SSSR count). The van der Waals surface area contributed by atoms with Gasteiger partial charge in [-0.3, -0.25) is 10.1 Å². The molecule has 0 aliphatic heterocycles. The van der Waals surface area contributed by atoms with Gasteiger partial charge < -0.3 is 4.74 Å². The van der Waals surface area contributed by atoms with Crippen LogP contribution in [-0.4, -0.2) is 24.1 Å². The van der Waals surface area contributed by atoms with Crippen LogP contribution in [0.3, 0.4) is 0 Å². The molecule has 1 aliphatic rings. The number of amides is 1. The van der Waals surface area contributed by atoms with Gasteiger partial charge in [-0.05, 0) is 51.0 Å². The minimum atomic E-state index is -0.369. The Bertz CT molecular complexity index is 520. The maximum Gasteiger partial charge on any atom is 0.292 e. The van der Waals surface area contributed by atoms with Gasteiger partial charge in [0.15, 0.2) is 0 Å². The highest BCUT2D eigenvalue weighted by atomic mass is 19.1. The quantitative estimate of drug-likeness (QED) is 0.684. The minimum absolute atomic E-state index is 0.0733. The van der Waals surface area contributed by atoms with E-state index in [1.807, 2.05) is 13.8 Å². The summed E-state index contributed by atoms with van der Waals surface area (Å²) in [6.45, 7) is 3.78. The first-order chi connectivity index (χ1) is 10.5. The Kier molecular flexibility index (Phi) is 5.92. The number of amidine groups is 1. The predicted octanol–water partition coefficient (Wildman–Crippen LogP) is 3.67. The Morgan fingerprint density at radius 1 is 1.23 bits per heavy atom. The van der Waals surface area contributed by atoms with Crippen molar-refractivity contribution in [3.05, 3.63) is 35.6 Å². The van der Waals surface area contributed by atoms with E-state index < -0.39 is 0 Å². The molecule has 1 fully saturated rings. The standard InChI is InChI=1S/C17H23FN2O2/c1-12(2)22-17(19-15-6-4-3-5-7-15)20-16(21)13-8-10-14(18)11-9-13/h8-12,15H,3-7H2,1-2H3,(H,19,20,21). The van der Waals surface area contributed by atoms with Crippen LogP contribution in [0, 0.1) is 5.82 Å². The van der Waals surface area contributed by atoms with E-state index in [2.05, 4.69) is 10.3 Å². The molecular formula is C17H23FN2O2. The number of carbonyl (C=O) groups excluding carboxylic acids is 1. The summed E-state index contributed by atoms with van der Waals surface area (Å²) >= 11 is 0. The van der Waals surface area contributed by atoms with E-state index in [1.54, 1.807) is 0 Å². The van der Waals surface area contributed by atoms with Crippen molar-refractivity contribution >= 4 is 11.9 Å². The summed E-state index contributed by atoms with van der Waals surface area (Å²) in [6.07, 6.45) is 5.54. The number of benzene rings is 1. The van der Waals surface area contributed by atoms with Gasteiger partial charge >= 0.3 is 0 Å². The molecule has 0 atom stereocenters. The number of halogens is 1. The van der Waals surface area contributed by atoms with E-state index in [0.717, 1.165) is 25.7 Å². The molecule has 1 aliphatic carbocycles. The Morgan fingerprint density at radius 3 is 2.45 bits per heavy atom. The third-order valence-corrected chi connectivity index (χ3v) is 3.55. The molecule has 0 aromatic heterocycles. The predicted molar refractivity (Wildman–Crippen MR) is 84.4 cm³/mol. The van der Waals surface area contributed by atoms with Gasteiger partial charge in [0, 0.05) is 5.56 Å². The number of carbonyl (C=O) groups is 1. The van der Waals surface area contributed by atoms with Gasteiger partial charge in [0.1, 0.15) is 5.82 Å². The van der Waals surface area contributed by atoms with Gasteiger partial charge in [0.25, 0.3) is 11.9 Å². The number of aliphatic imine (C=N–C) groups is 1. The van der Waals surface area contributed by atoms with Gasteiger partial charge in [0.2, 0.25) is 0 Å². The van der Waals surface area contributed by atoms with Gasteiger partial charge in [-0.25, -0.2) is 9.38 Å². The van der Waals surface area contributed by atoms with E-state index in [-0.39, 0.29) is 29.9 Å². The topological polar surface area (TPSA) is 50.7 Å². The van der Waals surface area contributed by atoms with Crippen molar-refractivity contribution in [1.29, 1.82) is 0 Å². The summed E-state index contributed by atoms with van der Waals surface area (Å²) in [7, 11) is 0. The van der Waals surface area contributed by atoms with E-state index in [4.69, 9.17) is 4.74 Å². The number of rotatable bonds is 3. The average molecular weight is 306 g/mol. The summed E-state index contributed by atoms with van der Waals surface area (Å²) in [5.41, 5.74) is 0.380. The lowest BCUT2D eigenvalue weighted by Gasteiger charge is -2.20. The molecular weight excluding hydrogens is 283 g/mol. The number of hydrogen-bond donors (Lipinski definition) is 1. The SMILES string of the molecule is CC(C)OC(=NC1CCCCC1)NC(=O)c1ccc(F)cc1. The molecule has 120 valence electrons. The fraction of sp³-hybridized carbons (Fsp3) is 0.529. The largest absolute Gasteiger partial charge is 0.462 e. The molecule has 5 heteroatoms. The van der Waals surface area contributed by atoms with Crippen molar-refractivity contribution in [2.24, 2.45) is 4.99 Å². The zero-order valence-corrected chi connectivity index (χ0v) is 13.1. The zero-order valence-electron chi connectivity index (χ0n) is 13.1. The summed E-state index contributed by atoms with van der Waals surface area (Å²) in [5, 5.41) is 2.70. The number of nitrogens with zero attached hydrogens (tertiary/aromatic N) is 1. The highest BCUT2D eigenvalue weighted by molar-refractivity contribution is 6.04. The van der Waals surface area contributed by atoms with Crippen molar-refractivity contribution in [3.8, 4) is 0 Å². The summed E-state index contributed by atoms with van der Waals surface area (Å²) < 4.78 is 18.5. The fourth-order valence-electron chi connectivity index (χ4n) is 2.46. The first kappa shape index (κ1) is 16.5. The lowest BCUT2D eigenvalue weighted by molar-refractivity contribution is 0.0959. The Hall–Kier alpha value is -1.91. The molecule has 0 bridgehead atoms. The third-order valence-electron chi connectivity index (χ3n) is 3.55. The molecule has 1 aromatic carbocycles. The fourth-order valence-corrected chi connectivity index (χ4v) is 2.46. The van der Waals surface area contributed by atoms with Gasteiger partial charge in [-0.15, -0.1) is 0 Å². The normalized spacial score (nSPS) is 16.6. The molecule has 1 aromatic rings. The summed E-state index contributed by atoms with van der Waals surface area (Å²) in [5.74, 6) is -0.707. The Morgan fingerprint density at radius 2 is 1.86 bits per heavy atom. The van der Waals surface area contributed by atoms with E-state index in [9.17, 15) is 9.18 Å². The highest BCUT2D eigenvalue weighted by Crippen LogP contribution is 2.20. The van der Waals surface area contributed by atoms with E-state index >= 15 is 0 Å². The maximum atomic E-state index is 12.9. The van der Waals surface area contributed by atoms with Crippen LogP contribution in [0.25, 0.3) is 0 Å². The van der Waals surface area contributed by atoms with Crippen LogP contribution < -0.4 is 5.32 Å². The lowest BCUT2D eigenvalue weighted by atomic mass is 9.96. The van der Waals surface area contributed by atoms with Crippen molar-refractivity contribution in [3.63, 3.8) is 0 Å². The zero-order chi connectivity index (χ0) is 15.9. The van der Waals surface area contributed by atoms with Gasteiger partial charge in [-0.2, -0.15) is 0 Å². The van der Waals surface area contributed by atoms with Crippen LogP contribution in [0.15, 0.2) is 29.3 Å². The Balaban J connectivity index is 2.06. The summed E-state index contributed by atoms with van der Waals surface area (Å²) in [6, 6.07) is 5.87. The first-order valence-corrected chi connectivity index (χ1v) is 7.86. The first-order valence-electron chi connectivity index (χ1n) is 7.86.